The van der Waals surface area contributed by atoms with Gasteiger partial charge in [-0.3, -0.25) is 0 Å². The van der Waals surface area contributed by atoms with Crippen molar-refractivity contribution in [1.82, 2.24) is 0 Å². The Bertz CT molecular complexity index is 309. The zero-order valence-electron chi connectivity index (χ0n) is 13.2. The lowest BCUT2D eigenvalue weighted by Crippen LogP contribution is -2.43. The Labute approximate surface area is 124 Å². The van der Waals surface area contributed by atoms with Crippen molar-refractivity contribution in [2.75, 3.05) is 6.61 Å². The second kappa shape index (κ2) is 6.36. The second-order valence-corrected chi connectivity index (χ2v) is 7.69. The van der Waals surface area contributed by atoms with E-state index >= 15 is 0 Å². The summed E-state index contributed by atoms with van der Waals surface area (Å²) in [5.74, 6) is 2.15. The van der Waals surface area contributed by atoms with Crippen LogP contribution < -0.4 is 0 Å². The number of hydrogen-bond acceptors (Lipinski definition) is 2. The topological polar surface area (TPSA) is 29.5 Å². The molecule has 0 aromatic rings. The molecule has 116 valence electrons. The van der Waals surface area contributed by atoms with Crippen molar-refractivity contribution in [2.24, 2.45) is 17.8 Å². The molecule has 20 heavy (non-hydrogen) atoms. The monoisotopic (exact) mass is 280 g/mol. The van der Waals surface area contributed by atoms with Crippen LogP contribution in [0, 0.1) is 17.8 Å². The molecular formula is C18H32O2. The Balaban J connectivity index is 1.64. The Kier molecular flexibility index (Phi) is 4.72. The highest BCUT2D eigenvalue weighted by Gasteiger charge is 2.44. The van der Waals surface area contributed by atoms with E-state index in [0.717, 1.165) is 24.9 Å². The van der Waals surface area contributed by atoms with Gasteiger partial charge in [0.15, 0.2) is 0 Å². The number of aliphatic hydroxyl groups excluding tert-OH is 1. The van der Waals surface area contributed by atoms with Gasteiger partial charge in [-0.15, -0.1) is 0 Å². The summed E-state index contributed by atoms with van der Waals surface area (Å²) < 4.78 is 6.18. The van der Waals surface area contributed by atoms with Crippen LogP contribution in [0.1, 0.15) is 77.6 Å². The van der Waals surface area contributed by atoms with Crippen molar-refractivity contribution in [2.45, 2.75) is 89.3 Å². The molecule has 0 radical (unpaired) electrons. The highest BCUT2D eigenvalue weighted by molar-refractivity contribution is 4.95. The van der Waals surface area contributed by atoms with E-state index in [4.69, 9.17) is 4.74 Å². The van der Waals surface area contributed by atoms with Crippen LogP contribution in [-0.2, 0) is 4.74 Å². The van der Waals surface area contributed by atoms with Crippen molar-refractivity contribution in [1.29, 1.82) is 0 Å². The van der Waals surface area contributed by atoms with Crippen LogP contribution in [0.4, 0.5) is 0 Å². The molecule has 3 aliphatic rings. The van der Waals surface area contributed by atoms with Crippen LogP contribution >= 0.6 is 0 Å². The van der Waals surface area contributed by atoms with Gasteiger partial charge in [0, 0.05) is 6.61 Å². The van der Waals surface area contributed by atoms with Crippen LogP contribution in [0.25, 0.3) is 0 Å². The summed E-state index contributed by atoms with van der Waals surface area (Å²) in [5.41, 5.74) is 0.209. The SMILES string of the molecule is CCCC1CCC(O)C(C2CCOC3(CCCC3)C2)C1. The zero-order valence-corrected chi connectivity index (χ0v) is 13.2. The Morgan fingerprint density at radius 3 is 2.70 bits per heavy atom. The lowest BCUT2D eigenvalue weighted by atomic mass is 9.67. The molecule has 4 atom stereocenters. The van der Waals surface area contributed by atoms with E-state index in [2.05, 4.69) is 6.92 Å². The van der Waals surface area contributed by atoms with E-state index in [1.165, 1.54) is 64.2 Å². The van der Waals surface area contributed by atoms with Gasteiger partial charge in [0.25, 0.3) is 0 Å². The summed E-state index contributed by atoms with van der Waals surface area (Å²) in [6.45, 7) is 3.23. The Morgan fingerprint density at radius 1 is 1.15 bits per heavy atom. The third-order valence-electron chi connectivity index (χ3n) is 6.32. The second-order valence-electron chi connectivity index (χ2n) is 7.69. The van der Waals surface area contributed by atoms with Gasteiger partial charge in [-0.05, 0) is 62.7 Å². The van der Waals surface area contributed by atoms with Gasteiger partial charge in [0.05, 0.1) is 11.7 Å². The van der Waals surface area contributed by atoms with Crippen molar-refractivity contribution < 1.29 is 9.84 Å². The average molecular weight is 280 g/mol. The van der Waals surface area contributed by atoms with E-state index in [-0.39, 0.29) is 11.7 Å². The van der Waals surface area contributed by atoms with E-state index < -0.39 is 0 Å². The fourth-order valence-electron chi connectivity index (χ4n) is 5.26. The fraction of sp³-hybridized carbons (Fsp3) is 1.00. The maximum Gasteiger partial charge on any atom is 0.0685 e. The third-order valence-corrected chi connectivity index (χ3v) is 6.32. The summed E-state index contributed by atoms with van der Waals surface area (Å²) >= 11 is 0. The molecular weight excluding hydrogens is 248 g/mol. The van der Waals surface area contributed by atoms with Gasteiger partial charge in [0.1, 0.15) is 0 Å². The Hall–Kier alpha value is -0.0800. The first kappa shape index (κ1) is 14.8. The van der Waals surface area contributed by atoms with Gasteiger partial charge < -0.3 is 9.84 Å². The van der Waals surface area contributed by atoms with E-state index in [0.29, 0.717) is 5.92 Å². The predicted octanol–water partition coefficient (Wildman–Crippen LogP) is 4.30. The molecule has 1 N–H and O–H groups in total. The van der Waals surface area contributed by atoms with Crippen molar-refractivity contribution in [3.63, 3.8) is 0 Å². The van der Waals surface area contributed by atoms with Gasteiger partial charge in [-0.25, -0.2) is 0 Å². The van der Waals surface area contributed by atoms with Crippen LogP contribution in [-0.4, -0.2) is 23.4 Å². The minimum atomic E-state index is -0.0374. The van der Waals surface area contributed by atoms with Gasteiger partial charge >= 0.3 is 0 Å². The van der Waals surface area contributed by atoms with Crippen LogP contribution in [0.5, 0.6) is 0 Å². The zero-order chi connectivity index (χ0) is 14.0. The van der Waals surface area contributed by atoms with Crippen molar-refractivity contribution >= 4 is 0 Å². The predicted molar refractivity (Wildman–Crippen MR) is 81.6 cm³/mol. The molecule has 1 saturated heterocycles. The number of rotatable bonds is 3. The molecule has 3 fully saturated rings. The molecule has 2 aliphatic carbocycles. The maximum atomic E-state index is 10.5. The number of ether oxygens (including phenoxy) is 1. The van der Waals surface area contributed by atoms with E-state index in [9.17, 15) is 5.11 Å². The summed E-state index contributed by atoms with van der Waals surface area (Å²) in [7, 11) is 0. The van der Waals surface area contributed by atoms with Crippen LogP contribution in [0.2, 0.25) is 0 Å². The maximum absolute atomic E-state index is 10.5. The minimum absolute atomic E-state index is 0.0374. The first-order valence-corrected chi connectivity index (χ1v) is 9.04. The molecule has 0 bridgehead atoms. The van der Waals surface area contributed by atoms with Gasteiger partial charge in [-0.2, -0.15) is 0 Å². The normalized spacial score (nSPS) is 41.1. The van der Waals surface area contributed by atoms with Gasteiger partial charge in [-0.1, -0.05) is 32.6 Å². The molecule has 3 rings (SSSR count). The lowest BCUT2D eigenvalue weighted by molar-refractivity contribution is -0.118. The quantitative estimate of drug-likeness (QED) is 0.835. The van der Waals surface area contributed by atoms with Crippen LogP contribution in [0.15, 0.2) is 0 Å². The molecule has 2 saturated carbocycles. The molecule has 1 spiro atoms. The lowest BCUT2D eigenvalue weighted by Gasteiger charge is -2.45. The fourth-order valence-corrected chi connectivity index (χ4v) is 5.26. The summed E-state index contributed by atoms with van der Waals surface area (Å²) in [6.07, 6.45) is 13.8. The number of hydrogen-bond donors (Lipinski definition) is 1. The third kappa shape index (κ3) is 3.06. The van der Waals surface area contributed by atoms with Crippen molar-refractivity contribution in [3.05, 3.63) is 0 Å². The largest absolute Gasteiger partial charge is 0.393 e. The molecule has 1 heterocycles. The van der Waals surface area contributed by atoms with Crippen LogP contribution in [0.3, 0.4) is 0 Å². The summed E-state index contributed by atoms with van der Waals surface area (Å²) in [4.78, 5) is 0. The molecule has 0 aromatic carbocycles. The molecule has 0 amide bonds. The molecule has 2 heteroatoms. The molecule has 1 aliphatic heterocycles. The molecule has 4 unspecified atom stereocenters. The summed E-state index contributed by atoms with van der Waals surface area (Å²) in [5, 5.41) is 10.5. The van der Waals surface area contributed by atoms with Crippen molar-refractivity contribution in [3.8, 4) is 0 Å². The standard InChI is InChI=1S/C18H32O2/c1-2-5-14-6-7-17(19)16(12-14)15-8-11-20-18(13-15)9-3-4-10-18/h14-17,19H,2-13H2,1H3. The highest BCUT2D eigenvalue weighted by Crippen LogP contribution is 2.47. The highest BCUT2D eigenvalue weighted by atomic mass is 16.5. The molecule has 2 nitrogen and oxygen atoms in total. The Morgan fingerprint density at radius 2 is 1.95 bits per heavy atom. The van der Waals surface area contributed by atoms with E-state index in [1.54, 1.807) is 0 Å². The first-order chi connectivity index (χ1) is 9.72. The van der Waals surface area contributed by atoms with E-state index in [1.807, 2.05) is 0 Å². The van der Waals surface area contributed by atoms with Gasteiger partial charge in [0.2, 0.25) is 0 Å². The smallest absolute Gasteiger partial charge is 0.0685 e. The summed E-state index contributed by atoms with van der Waals surface area (Å²) in [6, 6.07) is 0. The minimum Gasteiger partial charge on any atom is -0.393 e. The molecule has 0 aromatic heterocycles. The average Bonchev–Trinajstić information content (AvgIpc) is 2.89. The first-order valence-electron chi connectivity index (χ1n) is 9.04. The number of aliphatic hydroxyl groups is 1.